The van der Waals surface area contributed by atoms with Gasteiger partial charge in [-0.25, -0.2) is 13.1 Å². The van der Waals surface area contributed by atoms with Crippen LogP contribution in [0.25, 0.3) is 0 Å². The van der Waals surface area contributed by atoms with E-state index in [2.05, 4.69) is 20.7 Å². The highest BCUT2D eigenvalue weighted by atomic mass is 32.2. The van der Waals surface area contributed by atoms with E-state index in [4.69, 9.17) is 0 Å². The number of carbonyl (C=O) groups is 2. The van der Waals surface area contributed by atoms with Crippen molar-refractivity contribution in [1.29, 1.82) is 0 Å². The predicted molar refractivity (Wildman–Crippen MR) is 114 cm³/mol. The van der Waals surface area contributed by atoms with Crippen LogP contribution in [0.3, 0.4) is 0 Å². The average Bonchev–Trinajstić information content (AvgIpc) is 2.62. The summed E-state index contributed by atoms with van der Waals surface area (Å²) >= 11 is 0. The molecule has 0 fully saturated rings. The molecule has 9 heteroatoms. The first-order valence-corrected chi connectivity index (χ1v) is 10.6. The van der Waals surface area contributed by atoms with Gasteiger partial charge < -0.3 is 16.0 Å². The number of sulfonamides is 1. The fraction of sp³-hybridized carbons (Fsp3) is 0.300. The van der Waals surface area contributed by atoms with Crippen molar-refractivity contribution in [3.63, 3.8) is 0 Å². The van der Waals surface area contributed by atoms with E-state index in [1.807, 2.05) is 0 Å². The summed E-state index contributed by atoms with van der Waals surface area (Å²) in [5.74, 6) is -0.427. The van der Waals surface area contributed by atoms with E-state index < -0.39 is 16.1 Å². The molecule has 8 nitrogen and oxygen atoms in total. The van der Waals surface area contributed by atoms with Crippen molar-refractivity contribution in [2.75, 3.05) is 16.0 Å². The molecule has 2 rings (SSSR count). The fourth-order valence-electron chi connectivity index (χ4n) is 2.51. The average molecular weight is 419 g/mol. The van der Waals surface area contributed by atoms with Crippen LogP contribution in [-0.2, 0) is 19.6 Å². The largest absolute Gasteiger partial charge is 0.374 e. The van der Waals surface area contributed by atoms with Crippen molar-refractivity contribution in [1.82, 2.24) is 4.72 Å². The highest BCUT2D eigenvalue weighted by Gasteiger charge is 2.16. The molecule has 0 aliphatic rings. The standard InChI is InChI=1S/C20H26N4O4S/c1-13(2)24-29(27,28)19-11-9-18(10-12-19)23-20(26)14(3)21-16-5-7-17(8-6-16)22-15(4)25/h5-14,21,24H,1-4H3,(H,22,25)(H,23,26)/t14-/m1/s1. The van der Waals surface area contributed by atoms with Gasteiger partial charge >= 0.3 is 0 Å². The lowest BCUT2D eigenvalue weighted by atomic mass is 10.2. The quantitative estimate of drug-likeness (QED) is 0.526. The Bertz CT molecular complexity index is 955. The van der Waals surface area contributed by atoms with Gasteiger partial charge in [0.15, 0.2) is 0 Å². The molecule has 0 aliphatic carbocycles. The van der Waals surface area contributed by atoms with Crippen LogP contribution < -0.4 is 20.7 Å². The summed E-state index contributed by atoms with van der Waals surface area (Å²) in [6.07, 6.45) is 0. The Kier molecular flexibility index (Phi) is 7.35. The lowest BCUT2D eigenvalue weighted by molar-refractivity contribution is -0.116. The zero-order chi connectivity index (χ0) is 21.6. The summed E-state index contributed by atoms with van der Waals surface area (Å²) in [6, 6.07) is 12.2. The summed E-state index contributed by atoms with van der Waals surface area (Å²) in [4.78, 5) is 23.6. The molecule has 2 aromatic carbocycles. The maximum absolute atomic E-state index is 12.4. The van der Waals surface area contributed by atoms with Crippen molar-refractivity contribution in [3.05, 3.63) is 48.5 Å². The van der Waals surface area contributed by atoms with E-state index >= 15 is 0 Å². The zero-order valence-electron chi connectivity index (χ0n) is 16.8. The number of carbonyl (C=O) groups excluding carboxylic acids is 2. The van der Waals surface area contributed by atoms with Crippen molar-refractivity contribution in [3.8, 4) is 0 Å². The third-order valence-corrected chi connectivity index (χ3v) is 5.48. The van der Waals surface area contributed by atoms with E-state index in [1.54, 1.807) is 57.2 Å². The third-order valence-electron chi connectivity index (χ3n) is 3.80. The Balaban J connectivity index is 1.96. The minimum absolute atomic E-state index is 0.134. The molecule has 0 saturated heterocycles. The van der Waals surface area contributed by atoms with Gasteiger partial charge in [-0.15, -0.1) is 0 Å². The summed E-state index contributed by atoms with van der Waals surface area (Å²) < 4.78 is 26.8. The fourth-order valence-corrected chi connectivity index (χ4v) is 3.77. The van der Waals surface area contributed by atoms with Crippen LogP contribution in [0.5, 0.6) is 0 Å². The zero-order valence-corrected chi connectivity index (χ0v) is 17.6. The van der Waals surface area contributed by atoms with Crippen LogP contribution >= 0.6 is 0 Å². The Morgan fingerprint density at radius 3 is 1.79 bits per heavy atom. The second-order valence-electron chi connectivity index (χ2n) is 6.91. The molecular weight excluding hydrogens is 392 g/mol. The molecular formula is C20H26N4O4S. The molecule has 29 heavy (non-hydrogen) atoms. The minimum Gasteiger partial charge on any atom is -0.374 e. The first kappa shape index (κ1) is 22.4. The summed E-state index contributed by atoms with van der Waals surface area (Å²) in [5.41, 5.74) is 1.89. The summed E-state index contributed by atoms with van der Waals surface area (Å²) in [6.45, 7) is 6.63. The Labute approximate surface area is 171 Å². The van der Waals surface area contributed by atoms with E-state index in [0.717, 1.165) is 5.69 Å². The number of hydrogen-bond acceptors (Lipinski definition) is 5. The molecule has 4 N–H and O–H groups in total. The van der Waals surface area contributed by atoms with Gasteiger partial charge in [-0.1, -0.05) is 0 Å². The molecule has 0 bridgehead atoms. The maximum atomic E-state index is 12.4. The topological polar surface area (TPSA) is 116 Å². The van der Waals surface area contributed by atoms with Gasteiger partial charge in [0.25, 0.3) is 0 Å². The van der Waals surface area contributed by atoms with Gasteiger partial charge in [-0.3, -0.25) is 9.59 Å². The summed E-state index contributed by atoms with van der Waals surface area (Å²) in [5, 5.41) is 8.49. The normalized spacial score (nSPS) is 12.3. The number of anilines is 3. The SMILES string of the molecule is CC(=O)Nc1ccc(N[C@H](C)C(=O)Nc2ccc(S(=O)(=O)NC(C)C)cc2)cc1. The van der Waals surface area contributed by atoms with E-state index in [-0.39, 0.29) is 22.8 Å². The van der Waals surface area contributed by atoms with E-state index in [9.17, 15) is 18.0 Å². The Morgan fingerprint density at radius 1 is 0.793 bits per heavy atom. The van der Waals surface area contributed by atoms with Crippen LogP contribution in [0.2, 0.25) is 0 Å². The number of hydrogen-bond donors (Lipinski definition) is 4. The third kappa shape index (κ3) is 6.88. The second-order valence-corrected chi connectivity index (χ2v) is 8.63. The summed E-state index contributed by atoms with van der Waals surface area (Å²) in [7, 11) is -3.57. The number of benzene rings is 2. The molecule has 0 saturated carbocycles. The van der Waals surface area contributed by atoms with Gasteiger partial charge in [0, 0.05) is 30.0 Å². The predicted octanol–water partition coefficient (Wildman–Crippen LogP) is 2.77. The minimum atomic E-state index is -3.57. The van der Waals surface area contributed by atoms with Gasteiger partial charge in [-0.2, -0.15) is 0 Å². The first-order valence-electron chi connectivity index (χ1n) is 9.14. The van der Waals surface area contributed by atoms with Crippen LogP contribution in [0, 0.1) is 0 Å². The Morgan fingerprint density at radius 2 is 1.28 bits per heavy atom. The van der Waals surface area contributed by atoms with Gasteiger partial charge in [0.1, 0.15) is 6.04 Å². The molecule has 156 valence electrons. The monoisotopic (exact) mass is 418 g/mol. The second kappa shape index (κ2) is 9.53. The van der Waals surface area contributed by atoms with Crippen molar-refractivity contribution in [2.24, 2.45) is 0 Å². The van der Waals surface area contributed by atoms with Gasteiger partial charge in [0.05, 0.1) is 4.90 Å². The van der Waals surface area contributed by atoms with Crippen LogP contribution in [0.4, 0.5) is 17.1 Å². The van der Waals surface area contributed by atoms with Gasteiger partial charge in [-0.05, 0) is 69.3 Å². The lowest BCUT2D eigenvalue weighted by Gasteiger charge is -2.16. The van der Waals surface area contributed by atoms with Crippen LogP contribution in [0.15, 0.2) is 53.4 Å². The van der Waals surface area contributed by atoms with E-state index in [0.29, 0.717) is 11.4 Å². The molecule has 2 amide bonds. The first-order chi connectivity index (χ1) is 13.6. The highest BCUT2D eigenvalue weighted by molar-refractivity contribution is 7.89. The maximum Gasteiger partial charge on any atom is 0.246 e. The molecule has 0 radical (unpaired) electrons. The smallest absolute Gasteiger partial charge is 0.246 e. The van der Waals surface area contributed by atoms with Crippen molar-refractivity contribution >= 4 is 38.9 Å². The lowest BCUT2D eigenvalue weighted by Crippen LogP contribution is -2.32. The Hall–Kier alpha value is -2.91. The number of rotatable bonds is 8. The van der Waals surface area contributed by atoms with Crippen molar-refractivity contribution < 1.29 is 18.0 Å². The molecule has 0 spiro atoms. The number of amides is 2. The van der Waals surface area contributed by atoms with E-state index in [1.165, 1.54) is 19.1 Å². The van der Waals surface area contributed by atoms with Gasteiger partial charge in [0.2, 0.25) is 21.8 Å². The molecule has 0 aliphatic heterocycles. The highest BCUT2D eigenvalue weighted by Crippen LogP contribution is 2.17. The molecule has 0 heterocycles. The molecule has 0 aromatic heterocycles. The molecule has 0 unspecified atom stereocenters. The van der Waals surface area contributed by atoms with Crippen LogP contribution in [0.1, 0.15) is 27.7 Å². The molecule has 1 atom stereocenters. The van der Waals surface area contributed by atoms with Crippen molar-refractivity contribution in [2.45, 2.75) is 44.7 Å². The number of nitrogens with one attached hydrogen (secondary N) is 4. The molecule has 2 aromatic rings. The van der Waals surface area contributed by atoms with Crippen LogP contribution in [-0.4, -0.2) is 32.3 Å².